The minimum atomic E-state index is -0.159. The number of hydrogen-bond acceptors (Lipinski definition) is 2. The van der Waals surface area contributed by atoms with Crippen molar-refractivity contribution in [2.24, 2.45) is 5.92 Å². The summed E-state index contributed by atoms with van der Waals surface area (Å²) in [5.41, 5.74) is 2.14. The normalized spacial score (nSPS) is 32.2. The molecule has 4 aliphatic rings. The number of hydrogen-bond donors (Lipinski definition) is 1. The second-order valence-electron chi connectivity index (χ2n) is 8.83. The Morgan fingerprint density at radius 3 is 1.90 bits per heavy atom. The molecule has 2 aromatic carbocycles. The lowest BCUT2D eigenvalue weighted by molar-refractivity contribution is -0.125. The largest absolute Gasteiger partial charge is 0.354 e. The Hall–Kier alpha value is -1.55. The first kappa shape index (κ1) is 19.4. The fourth-order valence-corrected chi connectivity index (χ4v) is 6.59. The minimum Gasteiger partial charge on any atom is -0.354 e. The third kappa shape index (κ3) is 3.28. The van der Waals surface area contributed by atoms with Crippen molar-refractivity contribution in [3.8, 4) is 0 Å². The van der Waals surface area contributed by atoms with Crippen molar-refractivity contribution in [3.05, 3.63) is 69.7 Å². The zero-order valence-corrected chi connectivity index (χ0v) is 17.9. The van der Waals surface area contributed by atoms with Crippen molar-refractivity contribution in [3.63, 3.8) is 0 Å². The number of benzene rings is 2. The van der Waals surface area contributed by atoms with E-state index in [9.17, 15) is 4.79 Å². The van der Waals surface area contributed by atoms with Crippen LogP contribution in [0.1, 0.15) is 48.6 Å². The first-order valence-corrected chi connectivity index (χ1v) is 11.4. The number of nitrogens with one attached hydrogen (secondary N) is 1. The van der Waals surface area contributed by atoms with Crippen LogP contribution in [0.4, 0.5) is 0 Å². The van der Waals surface area contributed by atoms with E-state index >= 15 is 0 Å². The average Bonchev–Trinajstić information content (AvgIpc) is 3.19. The summed E-state index contributed by atoms with van der Waals surface area (Å²) in [5.74, 6) is 0.148. The Bertz CT molecular complexity index is 869. The van der Waals surface area contributed by atoms with Crippen LogP contribution >= 0.6 is 23.2 Å². The van der Waals surface area contributed by atoms with E-state index in [1.807, 2.05) is 36.4 Å². The maximum atomic E-state index is 13.4. The van der Waals surface area contributed by atoms with E-state index in [-0.39, 0.29) is 29.2 Å². The van der Waals surface area contributed by atoms with Crippen molar-refractivity contribution in [1.82, 2.24) is 10.2 Å². The molecular weight excluding hydrogens is 403 g/mol. The highest BCUT2D eigenvalue weighted by Crippen LogP contribution is 2.55. The van der Waals surface area contributed by atoms with E-state index in [2.05, 4.69) is 22.3 Å². The van der Waals surface area contributed by atoms with Gasteiger partial charge in [-0.1, -0.05) is 59.6 Å². The quantitative estimate of drug-likeness (QED) is 0.724. The second-order valence-corrected chi connectivity index (χ2v) is 9.64. The van der Waals surface area contributed by atoms with Gasteiger partial charge in [0, 0.05) is 22.1 Å². The van der Waals surface area contributed by atoms with E-state index in [1.165, 1.54) is 12.8 Å². The molecule has 4 fully saturated rings. The number of halogens is 2. The van der Waals surface area contributed by atoms with Crippen LogP contribution in [0.2, 0.25) is 10.0 Å². The lowest BCUT2D eigenvalue weighted by atomic mass is 9.61. The Labute approximate surface area is 182 Å². The number of carbonyl (C=O) groups is 1. The van der Waals surface area contributed by atoms with E-state index in [0.29, 0.717) is 6.54 Å². The molecule has 1 amide bonds. The number of nitrogens with zero attached hydrogens (tertiary/aromatic N) is 1. The van der Waals surface area contributed by atoms with Gasteiger partial charge in [-0.15, -0.1) is 0 Å². The molecule has 2 atom stereocenters. The molecule has 0 radical (unpaired) electrons. The zero-order valence-electron chi connectivity index (χ0n) is 16.4. The van der Waals surface area contributed by atoms with Gasteiger partial charge in [0.2, 0.25) is 5.91 Å². The third-order valence-corrected chi connectivity index (χ3v) is 8.04. The maximum Gasteiger partial charge on any atom is 0.224 e. The molecule has 5 heteroatoms. The van der Waals surface area contributed by atoms with E-state index in [1.54, 1.807) is 0 Å². The van der Waals surface area contributed by atoms with Gasteiger partial charge in [0.05, 0.1) is 5.92 Å². The number of fused-ring (bicyclic) bond motifs is 4. The molecule has 6 rings (SSSR count). The highest BCUT2D eigenvalue weighted by molar-refractivity contribution is 6.31. The van der Waals surface area contributed by atoms with Gasteiger partial charge in [-0.2, -0.15) is 0 Å². The molecule has 152 valence electrons. The number of likely N-dealkylation sites (tertiary alicyclic amines) is 1. The van der Waals surface area contributed by atoms with Crippen LogP contribution in [0.25, 0.3) is 0 Å². The van der Waals surface area contributed by atoms with Crippen LogP contribution in [0, 0.1) is 5.92 Å². The van der Waals surface area contributed by atoms with Crippen molar-refractivity contribution in [1.29, 1.82) is 0 Å². The van der Waals surface area contributed by atoms with Gasteiger partial charge in [-0.05, 0) is 73.9 Å². The van der Waals surface area contributed by atoms with Crippen molar-refractivity contribution < 1.29 is 4.79 Å². The molecule has 3 saturated heterocycles. The molecule has 3 nitrogen and oxygen atoms in total. The summed E-state index contributed by atoms with van der Waals surface area (Å²) in [5, 5.41) is 4.81. The molecule has 3 aliphatic heterocycles. The molecule has 2 unspecified atom stereocenters. The van der Waals surface area contributed by atoms with Gasteiger partial charge in [-0.25, -0.2) is 0 Å². The zero-order chi connectivity index (χ0) is 20.0. The lowest BCUT2D eigenvalue weighted by Crippen LogP contribution is -2.55. The predicted octanol–water partition coefficient (Wildman–Crippen LogP) is 5.24. The van der Waals surface area contributed by atoms with Crippen LogP contribution in [0.5, 0.6) is 0 Å². The van der Waals surface area contributed by atoms with Gasteiger partial charge in [-0.3, -0.25) is 9.69 Å². The fraction of sp³-hybridized carbons (Fsp3) is 0.458. The highest BCUT2D eigenvalue weighted by atomic mass is 35.5. The number of amides is 1. The van der Waals surface area contributed by atoms with E-state index in [0.717, 1.165) is 47.1 Å². The number of carbonyl (C=O) groups excluding carboxylic acids is 1. The van der Waals surface area contributed by atoms with Crippen molar-refractivity contribution in [2.75, 3.05) is 19.6 Å². The topological polar surface area (TPSA) is 32.3 Å². The van der Waals surface area contributed by atoms with Gasteiger partial charge >= 0.3 is 0 Å². The second kappa shape index (κ2) is 7.61. The minimum absolute atomic E-state index is 0.0488. The molecule has 3 heterocycles. The summed E-state index contributed by atoms with van der Waals surface area (Å²) in [7, 11) is 0. The monoisotopic (exact) mass is 428 g/mol. The standard InChI is InChI=1S/C24H26Cl2N2O/c25-20-9-3-1-7-16(20)18-13-24(28-11-5-6-12-28)14-19(22(18)23(29)27-15-24)17-8-2-4-10-21(17)26/h1-4,7-10,18-19,22H,5-6,11-15H2,(H,27,29). The molecule has 29 heavy (non-hydrogen) atoms. The van der Waals surface area contributed by atoms with Gasteiger partial charge in [0.15, 0.2) is 0 Å². The molecule has 1 aliphatic carbocycles. The van der Waals surface area contributed by atoms with Gasteiger partial charge < -0.3 is 5.32 Å². The summed E-state index contributed by atoms with van der Waals surface area (Å²) in [4.78, 5) is 16.0. The van der Waals surface area contributed by atoms with Gasteiger partial charge in [0.25, 0.3) is 0 Å². The van der Waals surface area contributed by atoms with Gasteiger partial charge in [0.1, 0.15) is 0 Å². The Balaban J connectivity index is 1.67. The average molecular weight is 429 g/mol. The molecule has 1 saturated carbocycles. The van der Waals surface area contributed by atoms with Crippen molar-refractivity contribution in [2.45, 2.75) is 43.1 Å². The first-order chi connectivity index (χ1) is 14.1. The molecule has 2 bridgehead atoms. The maximum absolute atomic E-state index is 13.4. The first-order valence-electron chi connectivity index (χ1n) is 10.6. The molecule has 0 spiro atoms. The van der Waals surface area contributed by atoms with E-state index in [4.69, 9.17) is 23.2 Å². The lowest BCUT2D eigenvalue weighted by Gasteiger charge is -2.50. The smallest absolute Gasteiger partial charge is 0.224 e. The third-order valence-electron chi connectivity index (χ3n) is 7.35. The van der Waals surface area contributed by atoms with Crippen LogP contribution < -0.4 is 5.32 Å². The Morgan fingerprint density at radius 1 is 0.862 bits per heavy atom. The summed E-state index contributed by atoms with van der Waals surface area (Å²) in [6, 6.07) is 16.1. The highest BCUT2D eigenvalue weighted by Gasteiger charge is 2.55. The molecule has 1 N–H and O–H groups in total. The van der Waals surface area contributed by atoms with Crippen LogP contribution in [-0.2, 0) is 4.79 Å². The van der Waals surface area contributed by atoms with Crippen LogP contribution in [-0.4, -0.2) is 36.0 Å². The van der Waals surface area contributed by atoms with Crippen LogP contribution in [0.15, 0.2) is 48.5 Å². The molecule has 2 aromatic rings. The Kier molecular flexibility index (Phi) is 5.09. The summed E-state index contributed by atoms with van der Waals surface area (Å²) >= 11 is 13.3. The summed E-state index contributed by atoms with van der Waals surface area (Å²) in [6.07, 6.45) is 4.38. The molecule has 0 aromatic heterocycles. The summed E-state index contributed by atoms with van der Waals surface area (Å²) < 4.78 is 0. The summed E-state index contributed by atoms with van der Waals surface area (Å²) in [6.45, 7) is 2.92. The Morgan fingerprint density at radius 2 is 1.38 bits per heavy atom. The van der Waals surface area contributed by atoms with Crippen LogP contribution in [0.3, 0.4) is 0 Å². The SMILES string of the molecule is O=C1NCC2(N3CCCC3)CC(c3ccccc3Cl)C1C(c1ccccc1Cl)C2. The fourth-order valence-electron chi connectivity index (χ4n) is 6.04. The number of rotatable bonds is 3. The predicted molar refractivity (Wildman–Crippen MR) is 118 cm³/mol. The molecular formula is C24H26Cl2N2O. The van der Waals surface area contributed by atoms with E-state index < -0.39 is 0 Å². The van der Waals surface area contributed by atoms with Crippen molar-refractivity contribution >= 4 is 29.1 Å².